The predicted octanol–water partition coefficient (Wildman–Crippen LogP) is 5.34. The Morgan fingerprint density at radius 3 is 2.36 bits per heavy atom. The molecule has 0 heterocycles. The first-order valence-corrected chi connectivity index (χ1v) is 6.36. The summed E-state index contributed by atoms with van der Waals surface area (Å²) in [6, 6.07) is 0. The topological polar surface area (TPSA) is 0 Å². The summed E-state index contributed by atoms with van der Waals surface area (Å²) in [5, 5.41) is 0. The molecule has 0 bridgehead atoms. The molecule has 0 nitrogen and oxygen atoms in total. The Kier molecular flexibility index (Phi) is 9.13. The Labute approximate surface area is 90.8 Å². The van der Waals surface area contributed by atoms with Crippen molar-refractivity contribution in [1.29, 1.82) is 0 Å². The minimum absolute atomic E-state index is 0.935. The predicted molar refractivity (Wildman–Crippen MR) is 66.6 cm³/mol. The molecule has 0 aliphatic rings. The summed E-state index contributed by atoms with van der Waals surface area (Å²) in [4.78, 5) is 0. The lowest BCUT2D eigenvalue weighted by Gasteiger charge is -2.10. The summed E-state index contributed by atoms with van der Waals surface area (Å²) in [5.41, 5.74) is 1.58. The highest BCUT2D eigenvalue weighted by molar-refractivity contribution is 4.96. The molecule has 0 fully saturated rings. The van der Waals surface area contributed by atoms with Crippen LogP contribution in [-0.4, -0.2) is 0 Å². The number of hydrogen-bond donors (Lipinski definition) is 0. The van der Waals surface area contributed by atoms with Crippen molar-refractivity contribution in [2.24, 2.45) is 5.92 Å². The molecule has 0 spiro atoms. The van der Waals surface area contributed by atoms with E-state index in [1.807, 2.05) is 0 Å². The fourth-order valence-electron chi connectivity index (χ4n) is 1.88. The third kappa shape index (κ3) is 8.34. The lowest BCUT2D eigenvalue weighted by molar-refractivity contribution is 0.456. The van der Waals surface area contributed by atoms with Crippen molar-refractivity contribution in [3.63, 3.8) is 0 Å². The molecule has 0 aliphatic heterocycles. The zero-order valence-corrected chi connectivity index (χ0v) is 10.6. The molecule has 0 radical (unpaired) electrons. The largest absolute Gasteiger partial charge is 0.0859 e. The molecule has 14 heavy (non-hydrogen) atoms. The standard InChI is InChI=1S/C14H28/c1-5-7-10-14(4)12-8-11-13(3)9-6-2/h9,14H,5-8,10-12H2,1-4H3. The second-order valence-corrected chi connectivity index (χ2v) is 4.60. The van der Waals surface area contributed by atoms with E-state index in [0.717, 1.165) is 5.92 Å². The second kappa shape index (κ2) is 9.30. The van der Waals surface area contributed by atoms with Gasteiger partial charge in [-0.15, -0.1) is 0 Å². The monoisotopic (exact) mass is 196 g/mol. The van der Waals surface area contributed by atoms with E-state index in [1.54, 1.807) is 5.57 Å². The third-order valence-corrected chi connectivity index (χ3v) is 2.87. The maximum absolute atomic E-state index is 2.40. The molecule has 1 atom stereocenters. The Morgan fingerprint density at radius 2 is 1.79 bits per heavy atom. The molecule has 0 amide bonds. The Hall–Kier alpha value is -0.260. The Morgan fingerprint density at radius 1 is 1.14 bits per heavy atom. The van der Waals surface area contributed by atoms with E-state index in [9.17, 15) is 0 Å². The summed E-state index contributed by atoms with van der Waals surface area (Å²) in [5.74, 6) is 0.935. The maximum Gasteiger partial charge on any atom is -0.0323 e. The molecule has 84 valence electrons. The van der Waals surface area contributed by atoms with Crippen LogP contribution >= 0.6 is 0 Å². The summed E-state index contributed by atoms with van der Waals surface area (Å²) >= 11 is 0. The fraction of sp³-hybridized carbons (Fsp3) is 0.857. The average molecular weight is 196 g/mol. The van der Waals surface area contributed by atoms with Gasteiger partial charge in [0.2, 0.25) is 0 Å². The lowest BCUT2D eigenvalue weighted by atomic mass is 9.96. The molecular formula is C14H28. The van der Waals surface area contributed by atoms with Gasteiger partial charge in [-0.1, -0.05) is 58.1 Å². The molecule has 0 saturated carbocycles. The molecule has 0 aromatic heterocycles. The van der Waals surface area contributed by atoms with Crippen LogP contribution in [0.5, 0.6) is 0 Å². The Balaban J connectivity index is 3.39. The first-order valence-electron chi connectivity index (χ1n) is 6.36. The van der Waals surface area contributed by atoms with Crippen molar-refractivity contribution in [2.45, 2.75) is 72.6 Å². The van der Waals surface area contributed by atoms with Gasteiger partial charge >= 0.3 is 0 Å². The van der Waals surface area contributed by atoms with Gasteiger partial charge in [0.05, 0.1) is 0 Å². The number of hydrogen-bond acceptors (Lipinski definition) is 0. The SMILES string of the molecule is CCC=C(C)CCCC(C)CCCC. The van der Waals surface area contributed by atoms with Crippen molar-refractivity contribution >= 4 is 0 Å². The number of unbranched alkanes of at least 4 members (excludes halogenated alkanes) is 1. The van der Waals surface area contributed by atoms with E-state index < -0.39 is 0 Å². The van der Waals surface area contributed by atoms with E-state index in [1.165, 1.54) is 44.9 Å². The number of rotatable bonds is 8. The van der Waals surface area contributed by atoms with Crippen molar-refractivity contribution in [3.05, 3.63) is 11.6 Å². The minimum Gasteiger partial charge on any atom is -0.0859 e. The molecule has 0 saturated heterocycles. The Bertz CT molecular complexity index is 144. The zero-order valence-electron chi connectivity index (χ0n) is 10.6. The van der Waals surface area contributed by atoms with Crippen molar-refractivity contribution in [3.8, 4) is 0 Å². The fourth-order valence-corrected chi connectivity index (χ4v) is 1.88. The molecule has 0 N–H and O–H groups in total. The van der Waals surface area contributed by atoms with Gasteiger partial charge in [-0.2, -0.15) is 0 Å². The average Bonchev–Trinajstić information content (AvgIpc) is 2.15. The van der Waals surface area contributed by atoms with Gasteiger partial charge in [0, 0.05) is 0 Å². The van der Waals surface area contributed by atoms with Crippen LogP contribution in [0.4, 0.5) is 0 Å². The van der Waals surface area contributed by atoms with Gasteiger partial charge in [-0.25, -0.2) is 0 Å². The molecular weight excluding hydrogens is 168 g/mol. The van der Waals surface area contributed by atoms with Crippen LogP contribution < -0.4 is 0 Å². The lowest BCUT2D eigenvalue weighted by Crippen LogP contribution is -1.94. The molecule has 0 aliphatic carbocycles. The zero-order chi connectivity index (χ0) is 10.8. The van der Waals surface area contributed by atoms with Gasteiger partial charge in [-0.05, 0) is 32.1 Å². The molecule has 0 aromatic carbocycles. The minimum atomic E-state index is 0.935. The van der Waals surface area contributed by atoms with Crippen molar-refractivity contribution < 1.29 is 0 Å². The molecule has 0 heteroatoms. The van der Waals surface area contributed by atoms with Gasteiger partial charge < -0.3 is 0 Å². The van der Waals surface area contributed by atoms with Crippen LogP contribution in [0.2, 0.25) is 0 Å². The summed E-state index contributed by atoms with van der Waals surface area (Å²) < 4.78 is 0. The summed E-state index contributed by atoms with van der Waals surface area (Å²) in [6.45, 7) is 9.16. The van der Waals surface area contributed by atoms with Gasteiger partial charge in [0.15, 0.2) is 0 Å². The number of allylic oxidation sites excluding steroid dienone is 2. The van der Waals surface area contributed by atoms with Crippen LogP contribution in [0.1, 0.15) is 72.6 Å². The third-order valence-electron chi connectivity index (χ3n) is 2.87. The van der Waals surface area contributed by atoms with Crippen LogP contribution in [0.25, 0.3) is 0 Å². The van der Waals surface area contributed by atoms with E-state index in [-0.39, 0.29) is 0 Å². The maximum atomic E-state index is 2.40. The van der Waals surface area contributed by atoms with E-state index in [2.05, 4.69) is 33.8 Å². The molecule has 0 rings (SSSR count). The van der Waals surface area contributed by atoms with Gasteiger partial charge in [0.25, 0.3) is 0 Å². The quantitative estimate of drug-likeness (QED) is 0.460. The van der Waals surface area contributed by atoms with Crippen LogP contribution in [0.15, 0.2) is 11.6 Å². The summed E-state index contributed by atoms with van der Waals surface area (Å²) in [6.07, 6.45) is 11.8. The van der Waals surface area contributed by atoms with Gasteiger partial charge in [0.1, 0.15) is 0 Å². The van der Waals surface area contributed by atoms with E-state index in [0.29, 0.717) is 0 Å². The first-order chi connectivity index (χ1) is 6.70. The summed E-state index contributed by atoms with van der Waals surface area (Å²) in [7, 11) is 0. The smallest absolute Gasteiger partial charge is 0.0323 e. The molecule has 0 aromatic rings. The van der Waals surface area contributed by atoms with Crippen LogP contribution in [-0.2, 0) is 0 Å². The first kappa shape index (κ1) is 13.7. The van der Waals surface area contributed by atoms with E-state index in [4.69, 9.17) is 0 Å². The van der Waals surface area contributed by atoms with Crippen molar-refractivity contribution in [2.75, 3.05) is 0 Å². The van der Waals surface area contributed by atoms with E-state index >= 15 is 0 Å². The highest BCUT2D eigenvalue weighted by atomic mass is 14.1. The normalized spacial score (nSPS) is 14.4. The van der Waals surface area contributed by atoms with Crippen LogP contribution in [0, 0.1) is 5.92 Å². The van der Waals surface area contributed by atoms with Crippen LogP contribution in [0.3, 0.4) is 0 Å². The van der Waals surface area contributed by atoms with Gasteiger partial charge in [-0.3, -0.25) is 0 Å². The highest BCUT2D eigenvalue weighted by Crippen LogP contribution is 2.17. The second-order valence-electron chi connectivity index (χ2n) is 4.60. The molecule has 1 unspecified atom stereocenters. The highest BCUT2D eigenvalue weighted by Gasteiger charge is 2.00. The van der Waals surface area contributed by atoms with Crippen molar-refractivity contribution in [1.82, 2.24) is 0 Å².